The predicted octanol–water partition coefficient (Wildman–Crippen LogP) is 14.0. The van der Waals surface area contributed by atoms with Gasteiger partial charge in [-0.05, 0) is 46.8 Å². The van der Waals surface area contributed by atoms with Crippen LogP contribution in [0.15, 0.2) is 18.2 Å². The monoisotopic (exact) mass is 969 g/mol. The van der Waals surface area contributed by atoms with Crippen LogP contribution in [-0.2, 0) is 31.8 Å². The molecular weight excluding hydrogens is 861 g/mol. The molecule has 3 unspecified atom stereocenters. The van der Waals surface area contributed by atoms with Crippen molar-refractivity contribution in [3.63, 3.8) is 0 Å². The van der Waals surface area contributed by atoms with E-state index in [9.17, 15) is 29.7 Å². The van der Waals surface area contributed by atoms with E-state index in [1.165, 1.54) is 113 Å². The predicted molar refractivity (Wildman–Crippen MR) is 290 cm³/mol. The minimum Gasteiger partial charge on any atom is -0.480 e. The Hall–Kier alpha value is -2.53. The van der Waals surface area contributed by atoms with E-state index in [0.717, 1.165) is 57.8 Å². The first-order chi connectivity index (χ1) is 32.9. The Labute approximate surface area is 424 Å². The van der Waals surface area contributed by atoms with Crippen LogP contribution in [0.4, 0.5) is 0 Å². The third-order valence-electron chi connectivity index (χ3n) is 15.1. The van der Waals surface area contributed by atoms with Gasteiger partial charge in [-0.2, -0.15) is 0 Å². The number of rotatable bonds is 35. The second-order valence-electron chi connectivity index (χ2n) is 23.2. The Morgan fingerprint density at radius 3 is 0.899 bits per heavy atom. The lowest BCUT2D eigenvalue weighted by molar-refractivity contribution is -0.147. The van der Waals surface area contributed by atoms with Crippen LogP contribution in [0, 0.1) is 0 Å². The average Bonchev–Trinajstić information content (AvgIpc) is 3.28. The summed E-state index contributed by atoms with van der Waals surface area (Å²) in [4.78, 5) is 48.6. The standard InChI is InChI=1S/C59H108N4O6/c1-10-13-16-19-22-25-28-31-34-52(55(64)65)61-39-37-60(48-49-45-50(58(4,5)6)47-51(46-49)59(7,8)9)38-40-62(53(56(66)67)35-32-29-26-23-20-17-14-11-2)42-44-63(43-41-61)54(57(68)69)36-33-30-27-24-21-18-15-12-3/h45-47,52-54H,10-44,48H2,1-9H3,(H,64,65)(H,66,67)(H,68,69). The maximum atomic E-state index is 13.3. The van der Waals surface area contributed by atoms with Gasteiger partial charge in [-0.1, -0.05) is 235 Å². The molecule has 0 bridgehead atoms. The van der Waals surface area contributed by atoms with Crippen LogP contribution >= 0.6 is 0 Å². The Bertz CT molecular complexity index is 1440. The molecular formula is C59H108N4O6. The van der Waals surface area contributed by atoms with Gasteiger partial charge >= 0.3 is 17.9 Å². The molecule has 1 aliphatic rings. The molecule has 2 rings (SSSR count). The van der Waals surface area contributed by atoms with Gasteiger partial charge in [0.2, 0.25) is 0 Å². The summed E-state index contributed by atoms with van der Waals surface area (Å²) in [6.07, 6.45) is 29.0. The van der Waals surface area contributed by atoms with Gasteiger partial charge in [-0.15, -0.1) is 0 Å². The summed E-state index contributed by atoms with van der Waals surface area (Å²) in [7, 11) is 0. The van der Waals surface area contributed by atoms with Gasteiger partial charge in [0.25, 0.3) is 0 Å². The van der Waals surface area contributed by atoms with Gasteiger partial charge in [0.1, 0.15) is 18.1 Å². The topological polar surface area (TPSA) is 125 Å². The summed E-state index contributed by atoms with van der Waals surface area (Å²) in [5.41, 5.74) is 3.70. The quantitative estimate of drug-likeness (QED) is 0.0566. The molecule has 1 fully saturated rings. The molecule has 1 saturated heterocycles. The number of carbonyl (C=O) groups is 3. The van der Waals surface area contributed by atoms with E-state index in [1.807, 2.05) is 0 Å². The number of carboxylic acids is 3. The number of carboxylic acid groups (broad SMARTS) is 3. The molecule has 0 amide bonds. The maximum Gasteiger partial charge on any atom is 0.320 e. The van der Waals surface area contributed by atoms with E-state index in [2.05, 4.69) is 100 Å². The Morgan fingerprint density at radius 1 is 0.406 bits per heavy atom. The number of benzene rings is 1. The molecule has 1 heterocycles. The molecule has 0 saturated carbocycles. The van der Waals surface area contributed by atoms with Gasteiger partial charge < -0.3 is 15.3 Å². The Balaban J connectivity index is 2.56. The largest absolute Gasteiger partial charge is 0.480 e. The smallest absolute Gasteiger partial charge is 0.320 e. The Morgan fingerprint density at radius 2 is 0.652 bits per heavy atom. The van der Waals surface area contributed by atoms with Crippen LogP contribution in [-0.4, -0.2) is 123 Å². The number of nitrogens with zero attached hydrogens (tertiary/aromatic N) is 4. The zero-order valence-electron chi connectivity index (χ0n) is 46.3. The van der Waals surface area contributed by atoms with Crippen molar-refractivity contribution >= 4 is 17.9 Å². The van der Waals surface area contributed by atoms with E-state index in [4.69, 9.17) is 0 Å². The van der Waals surface area contributed by atoms with Crippen LogP contribution in [0.2, 0.25) is 0 Å². The normalized spacial score (nSPS) is 17.0. The lowest BCUT2D eigenvalue weighted by Gasteiger charge is -2.39. The highest BCUT2D eigenvalue weighted by Gasteiger charge is 2.33. The summed E-state index contributed by atoms with van der Waals surface area (Å²) >= 11 is 0. The molecule has 3 atom stereocenters. The first-order valence-corrected chi connectivity index (χ1v) is 28.7. The molecule has 0 aliphatic carbocycles. The summed E-state index contributed by atoms with van der Waals surface area (Å²) < 4.78 is 0. The molecule has 0 spiro atoms. The number of unbranched alkanes of at least 4 members (excludes halogenated alkanes) is 21. The van der Waals surface area contributed by atoms with Gasteiger partial charge in [-0.25, -0.2) is 0 Å². The lowest BCUT2D eigenvalue weighted by atomic mass is 9.79. The van der Waals surface area contributed by atoms with E-state index in [-0.39, 0.29) is 10.8 Å². The van der Waals surface area contributed by atoms with Crippen molar-refractivity contribution in [2.75, 3.05) is 52.4 Å². The van der Waals surface area contributed by atoms with Crippen molar-refractivity contribution in [3.05, 3.63) is 34.9 Å². The lowest BCUT2D eigenvalue weighted by Crippen LogP contribution is -2.54. The molecule has 1 aromatic carbocycles. The van der Waals surface area contributed by atoms with Crippen LogP contribution in [0.3, 0.4) is 0 Å². The molecule has 3 N–H and O–H groups in total. The first-order valence-electron chi connectivity index (χ1n) is 28.7. The fourth-order valence-corrected chi connectivity index (χ4v) is 10.3. The second-order valence-corrected chi connectivity index (χ2v) is 23.2. The average molecular weight is 970 g/mol. The van der Waals surface area contributed by atoms with Crippen molar-refractivity contribution in [2.45, 2.75) is 271 Å². The summed E-state index contributed by atoms with van der Waals surface area (Å²) in [6, 6.07) is 4.98. The number of hydrogen-bond acceptors (Lipinski definition) is 7. The van der Waals surface area contributed by atoms with Crippen molar-refractivity contribution in [1.29, 1.82) is 0 Å². The Kier molecular flexibility index (Phi) is 32.3. The number of hydrogen-bond donors (Lipinski definition) is 3. The van der Waals surface area contributed by atoms with Crippen molar-refractivity contribution in [2.24, 2.45) is 0 Å². The minimum atomic E-state index is -0.844. The zero-order chi connectivity index (χ0) is 51.1. The molecule has 1 aliphatic heterocycles. The van der Waals surface area contributed by atoms with Crippen LogP contribution in [0.5, 0.6) is 0 Å². The van der Waals surface area contributed by atoms with Crippen molar-refractivity contribution in [3.8, 4) is 0 Å². The van der Waals surface area contributed by atoms with E-state index in [0.29, 0.717) is 78.2 Å². The van der Waals surface area contributed by atoms with E-state index >= 15 is 0 Å². The third-order valence-corrected chi connectivity index (χ3v) is 15.1. The molecule has 0 aromatic heterocycles. The van der Waals surface area contributed by atoms with E-state index in [1.54, 1.807) is 0 Å². The summed E-state index contributed by atoms with van der Waals surface area (Å²) in [5, 5.41) is 32.7. The van der Waals surface area contributed by atoms with Crippen molar-refractivity contribution in [1.82, 2.24) is 19.6 Å². The van der Waals surface area contributed by atoms with Gasteiger partial charge in [0, 0.05) is 58.9 Å². The van der Waals surface area contributed by atoms with Gasteiger partial charge in [0.05, 0.1) is 0 Å². The second kappa shape index (κ2) is 35.6. The fraction of sp³-hybridized carbons (Fsp3) is 0.847. The highest BCUT2D eigenvalue weighted by Crippen LogP contribution is 2.31. The summed E-state index contributed by atoms with van der Waals surface area (Å²) in [5.74, 6) is -2.45. The molecule has 10 heteroatoms. The van der Waals surface area contributed by atoms with Crippen LogP contribution in [0.1, 0.15) is 252 Å². The van der Waals surface area contributed by atoms with Crippen molar-refractivity contribution < 1.29 is 29.7 Å². The zero-order valence-corrected chi connectivity index (χ0v) is 46.3. The van der Waals surface area contributed by atoms with Crippen LogP contribution < -0.4 is 0 Å². The molecule has 1 aromatic rings. The fourth-order valence-electron chi connectivity index (χ4n) is 10.3. The number of aliphatic carboxylic acids is 3. The minimum absolute atomic E-state index is 0.0478. The maximum absolute atomic E-state index is 13.3. The van der Waals surface area contributed by atoms with Gasteiger partial charge in [-0.3, -0.25) is 34.0 Å². The third kappa shape index (κ3) is 26.7. The SMILES string of the molecule is CCCCCCCCCCC(C(=O)O)N1CCN(Cc2cc(C(C)(C)C)cc(C(C)(C)C)c2)CCN(C(CCCCCCCCCC)C(=O)O)CCN(C(CCCCCCCCCC)C(=O)O)CC1. The highest BCUT2D eigenvalue weighted by atomic mass is 16.4. The molecule has 0 radical (unpaired) electrons. The van der Waals surface area contributed by atoms with E-state index < -0.39 is 36.0 Å². The molecule has 10 nitrogen and oxygen atoms in total. The molecule has 400 valence electrons. The summed E-state index contributed by atoms with van der Waals surface area (Å²) in [6.45, 7) is 24.9. The van der Waals surface area contributed by atoms with Gasteiger partial charge in [0.15, 0.2) is 0 Å². The first kappa shape index (κ1) is 62.6. The van der Waals surface area contributed by atoms with Crippen LogP contribution in [0.25, 0.3) is 0 Å². The highest BCUT2D eigenvalue weighted by molar-refractivity contribution is 5.74. The molecule has 69 heavy (non-hydrogen) atoms.